The minimum atomic E-state index is 0.00276. The van der Waals surface area contributed by atoms with Gasteiger partial charge in [0, 0.05) is 6.42 Å². The molecule has 0 saturated carbocycles. The molecule has 80 valence electrons. The van der Waals surface area contributed by atoms with E-state index in [4.69, 9.17) is 15.4 Å². The van der Waals surface area contributed by atoms with Crippen LogP contribution in [0.4, 0.5) is 5.13 Å². The van der Waals surface area contributed by atoms with Crippen LogP contribution in [0.25, 0.3) is 10.8 Å². The monoisotopic (exact) mass is 226 g/mol. The summed E-state index contributed by atoms with van der Waals surface area (Å²) in [5.74, 6) is 0.893. The molecule has 0 aliphatic rings. The molecule has 6 nitrogen and oxygen atoms in total. The third-order valence-electron chi connectivity index (χ3n) is 1.81. The van der Waals surface area contributed by atoms with Gasteiger partial charge in [-0.15, -0.1) is 0 Å². The van der Waals surface area contributed by atoms with Gasteiger partial charge in [-0.1, -0.05) is 16.5 Å². The van der Waals surface area contributed by atoms with E-state index in [0.29, 0.717) is 23.3 Å². The molecule has 3 N–H and O–H groups in total. The van der Waals surface area contributed by atoms with Gasteiger partial charge in [0.2, 0.25) is 0 Å². The van der Waals surface area contributed by atoms with E-state index in [1.165, 1.54) is 11.3 Å². The van der Waals surface area contributed by atoms with Crippen LogP contribution in [0.1, 0.15) is 11.5 Å². The third kappa shape index (κ3) is 1.97. The number of thiazole rings is 1. The van der Waals surface area contributed by atoms with E-state index in [1.807, 2.05) is 6.92 Å². The molecule has 0 atom stereocenters. The number of hydrogen-bond acceptors (Lipinski definition) is 7. The van der Waals surface area contributed by atoms with Gasteiger partial charge in [-0.3, -0.25) is 0 Å². The number of anilines is 1. The van der Waals surface area contributed by atoms with Crippen molar-refractivity contribution in [2.75, 3.05) is 12.3 Å². The second-order valence-corrected chi connectivity index (χ2v) is 3.99. The summed E-state index contributed by atoms with van der Waals surface area (Å²) < 4.78 is 5.04. The summed E-state index contributed by atoms with van der Waals surface area (Å²) in [5.41, 5.74) is 6.33. The Bertz CT molecular complexity index is 465. The van der Waals surface area contributed by atoms with Crippen molar-refractivity contribution in [1.82, 2.24) is 15.1 Å². The molecule has 0 aromatic carbocycles. The van der Waals surface area contributed by atoms with Gasteiger partial charge < -0.3 is 15.4 Å². The second kappa shape index (κ2) is 3.95. The maximum absolute atomic E-state index is 8.71. The van der Waals surface area contributed by atoms with Crippen LogP contribution in [0.2, 0.25) is 0 Å². The van der Waals surface area contributed by atoms with Crippen LogP contribution in [0, 0.1) is 6.92 Å². The number of nitrogen functional groups attached to an aromatic ring is 1. The fourth-order valence-corrected chi connectivity index (χ4v) is 1.92. The summed E-state index contributed by atoms with van der Waals surface area (Å²) >= 11 is 1.31. The van der Waals surface area contributed by atoms with E-state index in [-0.39, 0.29) is 6.61 Å². The fourth-order valence-electron chi connectivity index (χ4n) is 1.16. The van der Waals surface area contributed by atoms with Crippen molar-refractivity contribution in [3.05, 3.63) is 11.5 Å². The van der Waals surface area contributed by atoms with Crippen molar-refractivity contribution in [2.24, 2.45) is 0 Å². The van der Waals surface area contributed by atoms with E-state index < -0.39 is 0 Å². The number of aliphatic hydroxyl groups is 1. The van der Waals surface area contributed by atoms with Gasteiger partial charge in [0.15, 0.2) is 11.0 Å². The lowest BCUT2D eigenvalue weighted by Gasteiger charge is -1.86. The highest BCUT2D eigenvalue weighted by Crippen LogP contribution is 2.29. The molecule has 7 heteroatoms. The molecule has 0 bridgehead atoms. The number of aliphatic hydroxyl groups excluding tert-OH is 1. The van der Waals surface area contributed by atoms with Crippen molar-refractivity contribution >= 4 is 16.5 Å². The van der Waals surface area contributed by atoms with Crippen LogP contribution in [0.5, 0.6) is 0 Å². The topological polar surface area (TPSA) is 98.1 Å². The standard InChI is InChI=1S/C8H10N4O2S/c1-4-6(15-8(9)10-4)7-11-5(2-3-13)12-14-7/h13H,2-3H2,1H3,(H2,9,10). The Morgan fingerprint density at radius 2 is 2.27 bits per heavy atom. The highest BCUT2D eigenvalue weighted by molar-refractivity contribution is 7.18. The first kappa shape index (κ1) is 10.1. The van der Waals surface area contributed by atoms with Crippen LogP contribution in [0.15, 0.2) is 4.52 Å². The van der Waals surface area contributed by atoms with Gasteiger partial charge >= 0.3 is 0 Å². The van der Waals surface area contributed by atoms with Crippen LogP contribution < -0.4 is 5.73 Å². The number of hydrogen-bond donors (Lipinski definition) is 2. The number of aromatic nitrogens is 3. The lowest BCUT2D eigenvalue weighted by Crippen LogP contribution is -1.92. The first-order valence-corrected chi connectivity index (χ1v) is 5.19. The van der Waals surface area contributed by atoms with Crippen molar-refractivity contribution in [3.8, 4) is 10.8 Å². The Kier molecular flexibility index (Phi) is 2.65. The van der Waals surface area contributed by atoms with Crippen molar-refractivity contribution in [2.45, 2.75) is 13.3 Å². The zero-order chi connectivity index (χ0) is 10.8. The van der Waals surface area contributed by atoms with E-state index in [2.05, 4.69) is 15.1 Å². The minimum Gasteiger partial charge on any atom is -0.396 e. The number of rotatable bonds is 3. The summed E-state index contributed by atoms with van der Waals surface area (Å²) in [6.07, 6.45) is 0.386. The molecule has 2 rings (SSSR count). The van der Waals surface area contributed by atoms with Crippen molar-refractivity contribution < 1.29 is 9.63 Å². The lowest BCUT2D eigenvalue weighted by molar-refractivity contribution is 0.293. The number of nitrogens with two attached hydrogens (primary N) is 1. The van der Waals surface area contributed by atoms with Crippen molar-refractivity contribution in [1.29, 1.82) is 0 Å². The molecule has 0 saturated heterocycles. The summed E-state index contributed by atoms with van der Waals surface area (Å²) in [7, 11) is 0. The summed E-state index contributed by atoms with van der Waals surface area (Å²) in [4.78, 5) is 8.96. The maximum atomic E-state index is 8.71. The third-order valence-corrected chi connectivity index (χ3v) is 2.79. The average Bonchev–Trinajstić information content (AvgIpc) is 2.73. The van der Waals surface area contributed by atoms with E-state index in [0.717, 1.165) is 10.6 Å². The Morgan fingerprint density at radius 1 is 1.47 bits per heavy atom. The molecular weight excluding hydrogens is 216 g/mol. The summed E-state index contributed by atoms with van der Waals surface area (Å²) in [5, 5.41) is 12.9. The smallest absolute Gasteiger partial charge is 0.269 e. The number of aryl methyl sites for hydroxylation is 1. The zero-order valence-electron chi connectivity index (χ0n) is 8.10. The highest BCUT2D eigenvalue weighted by Gasteiger charge is 2.14. The Labute approximate surface area is 89.8 Å². The molecule has 0 radical (unpaired) electrons. The maximum Gasteiger partial charge on any atom is 0.269 e. The zero-order valence-corrected chi connectivity index (χ0v) is 8.91. The highest BCUT2D eigenvalue weighted by atomic mass is 32.1. The summed E-state index contributed by atoms with van der Waals surface area (Å²) in [6.45, 7) is 1.83. The van der Waals surface area contributed by atoms with E-state index in [1.54, 1.807) is 0 Å². The molecule has 0 amide bonds. The van der Waals surface area contributed by atoms with Gasteiger partial charge in [0.25, 0.3) is 5.89 Å². The first-order valence-electron chi connectivity index (χ1n) is 4.37. The van der Waals surface area contributed by atoms with Crippen LogP contribution in [-0.2, 0) is 6.42 Å². The van der Waals surface area contributed by atoms with Crippen LogP contribution in [-0.4, -0.2) is 26.8 Å². The predicted octanol–water partition coefficient (Wildman–Crippen LogP) is 0.619. The molecule has 2 aromatic heterocycles. The van der Waals surface area contributed by atoms with Gasteiger partial charge in [0.05, 0.1) is 12.3 Å². The Hall–Kier alpha value is -1.47. The molecule has 0 fully saturated rings. The SMILES string of the molecule is Cc1nc(N)sc1-c1nc(CCO)no1. The van der Waals surface area contributed by atoms with E-state index in [9.17, 15) is 0 Å². The molecule has 0 aliphatic heterocycles. The van der Waals surface area contributed by atoms with E-state index >= 15 is 0 Å². The second-order valence-electron chi connectivity index (χ2n) is 2.96. The normalized spacial score (nSPS) is 10.8. The molecule has 0 spiro atoms. The van der Waals surface area contributed by atoms with Crippen molar-refractivity contribution in [3.63, 3.8) is 0 Å². The molecule has 2 heterocycles. The Morgan fingerprint density at radius 3 is 2.87 bits per heavy atom. The predicted molar refractivity (Wildman–Crippen MR) is 55.3 cm³/mol. The Balaban J connectivity index is 2.32. The van der Waals surface area contributed by atoms with Gasteiger partial charge in [-0.05, 0) is 6.92 Å². The van der Waals surface area contributed by atoms with Gasteiger partial charge in [-0.25, -0.2) is 4.98 Å². The lowest BCUT2D eigenvalue weighted by atomic mass is 10.4. The molecule has 0 aliphatic carbocycles. The van der Waals surface area contributed by atoms with Crippen LogP contribution >= 0.6 is 11.3 Å². The first-order chi connectivity index (χ1) is 7.20. The minimum absolute atomic E-state index is 0.00276. The quantitative estimate of drug-likeness (QED) is 0.796. The largest absolute Gasteiger partial charge is 0.396 e. The van der Waals surface area contributed by atoms with Crippen LogP contribution in [0.3, 0.4) is 0 Å². The average molecular weight is 226 g/mol. The van der Waals surface area contributed by atoms with Gasteiger partial charge in [-0.2, -0.15) is 4.98 Å². The molecule has 2 aromatic rings. The fraction of sp³-hybridized carbons (Fsp3) is 0.375. The summed E-state index contributed by atoms with van der Waals surface area (Å²) in [6, 6.07) is 0. The molecular formula is C8H10N4O2S. The number of nitrogens with zero attached hydrogens (tertiary/aromatic N) is 3. The molecule has 15 heavy (non-hydrogen) atoms. The molecule has 0 unspecified atom stereocenters. The van der Waals surface area contributed by atoms with Gasteiger partial charge in [0.1, 0.15) is 4.88 Å².